The number of amides is 3. The number of rotatable bonds is 4. The fourth-order valence-electron chi connectivity index (χ4n) is 2.76. The highest BCUT2D eigenvalue weighted by atomic mass is 16.5. The Morgan fingerprint density at radius 3 is 2.86 bits per heavy atom. The van der Waals surface area contributed by atoms with E-state index in [2.05, 4.69) is 5.32 Å². The van der Waals surface area contributed by atoms with Crippen LogP contribution in [0.4, 0.5) is 4.79 Å². The van der Waals surface area contributed by atoms with E-state index in [-0.39, 0.29) is 18.2 Å². The minimum Gasteiger partial charge on any atom is -0.381 e. The van der Waals surface area contributed by atoms with E-state index in [0.29, 0.717) is 18.7 Å². The number of methoxy groups -OCH3 is 1. The minimum absolute atomic E-state index is 0.0912. The van der Waals surface area contributed by atoms with Crippen LogP contribution in [0.3, 0.4) is 0 Å². The molecule has 1 aliphatic heterocycles. The fourth-order valence-corrected chi connectivity index (χ4v) is 2.76. The molecule has 6 heteroatoms. The summed E-state index contributed by atoms with van der Waals surface area (Å²) < 4.78 is 5.35. The van der Waals surface area contributed by atoms with Crippen molar-refractivity contribution in [3.8, 4) is 0 Å². The van der Waals surface area contributed by atoms with Gasteiger partial charge in [0.1, 0.15) is 0 Å². The Hall–Kier alpha value is -2.08. The monoisotopic (exact) mass is 305 g/mol. The highest BCUT2D eigenvalue weighted by Gasteiger charge is 2.28. The van der Waals surface area contributed by atoms with Gasteiger partial charge in [0, 0.05) is 31.8 Å². The summed E-state index contributed by atoms with van der Waals surface area (Å²) in [6.07, 6.45) is 1.93. The van der Waals surface area contributed by atoms with Crippen molar-refractivity contribution in [1.82, 2.24) is 10.2 Å². The van der Waals surface area contributed by atoms with Crippen LogP contribution in [0, 0.1) is 0 Å². The lowest BCUT2D eigenvalue weighted by Gasteiger charge is -2.37. The molecule has 120 valence electrons. The van der Waals surface area contributed by atoms with Crippen molar-refractivity contribution in [2.24, 2.45) is 5.73 Å². The first kappa shape index (κ1) is 16.3. The minimum atomic E-state index is -0.469. The standard InChI is InChI=1S/C16H23N3O3/c1-11-8-14(22-2)6-7-19(11)16(21)18-10-12-4-3-5-13(9-12)15(17)20/h3-5,9,11,14H,6-8,10H2,1-2H3,(H2,17,20)(H,18,21). The third kappa shape index (κ3) is 3.98. The summed E-state index contributed by atoms with van der Waals surface area (Å²) >= 11 is 0. The molecule has 1 aliphatic rings. The highest BCUT2D eigenvalue weighted by molar-refractivity contribution is 5.92. The van der Waals surface area contributed by atoms with Gasteiger partial charge in [-0.2, -0.15) is 0 Å². The fraction of sp³-hybridized carbons (Fsp3) is 0.500. The molecule has 0 radical (unpaired) electrons. The molecule has 2 rings (SSSR count). The zero-order valence-electron chi connectivity index (χ0n) is 13.0. The summed E-state index contributed by atoms with van der Waals surface area (Å²) in [5, 5.41) is 2.89. The third-order valence-electron chi connectivity index (χ3n) is 4.08. The summed E-state index contributed by atoms with van der Waals surface area (Å²) in [7, 11) is 1.71. The lowest BCUT2D eigenvalue weighted by Crippen LogP contribution is -2.50. The van der Waals surface area contributed by atoms with Crippen molar-refractivity contribution in [2.75, 3.05) is 13.7 Å². The molecule has 1 heterocycles. The second-order valence-corrected chi connectivity index (χ2v) is 5.65. The SMILES string of the molecule is COC1CCN(C(=O)NCc2cccc(C(N)=O)c2)C(C)C1. The van der Waals surface area contributed by atoms with Crippen LogP contribution < -0.4 is 11.1 Å². The number of ether oxygens (including phenoxy) is 1. The first-order valence-electron chi connectivity index (χ1n) is 7.47. The van der Waals surface area contributed by atoms with Gasteiger partial charge in [0.15, 0.2) is 0 Å². The average molecular weight is 305 g/mol. The van der Waals surface area contributed by atoms with E-state index in [1.807, 2.05) is 17.9 Å². The molecule has 6 nitrogen and oxygen atoms in total. The number of nitrogens with one attached hydrogen (secondary N) is 1. The molecule has 1 aromatic rings. The zero-order valence-corrected chi connectivity index (χ0v) is 13.0. The molecule has 0 aromatic heterocycles. The van der Waals surface area contributed by atoms with Gasteiger partial charge in [0.05, 0.1) is 6.10 Å². The van der Waals surface area contributed by atoms with Crippen LogP contribution in [0.15, 0.2) is 24.3 Å². The maximum Gasteiger partial charge on any atom is 0.317 e. The number of hydrogen-bond donors (Lipinski definition) is 2. The number of benzene rings is 1. The first-order chi connectivity index (χ1) is 10.5. The van der Waals surface area contributed by atoms with Crippen LogP contribution in [-0.2, 0) is 11.3 Å². The molecule has 0 aliphatic carbocycles. The van der Waals surface area contributed by atoms with Gasteiger partial charge in [0.2, 0.25) is 5.91 Å². The summed E-state index contributed by atoms with van der Waals surface area (Å²) in [6.45, 7) is 3.09. The predicted molar refractivity (Wildman–Crippen MR) is 83.4 cm³/mol. The number of carbonyl (C=O) groups excluding carboxylic acids is 2. The summed E-state index contributed by atoms with van der Waals surface area (Å²) in [4.78, 5) is 25.3. The number of urea groups is 1. The third-order valence-corrected chi connectivity index (χ3v) is 4.08. The van der Waals surface area contributed by atoms with Crippen molar-refractivity contribution < 1.29 is 14.3 Å². The summed E-state index contributed by atoms with van der Waals surface area (Å²) in [5.74, 6) is -0.469. The Kier molecular flexibility index (Phi) is 5.38. The zero-order chi connectivity index (χ0) is 16.1. The van der Waals surface area contributed by atoms with Crippen molar-refractivity contribution in [2.45, 2.75) is 38.5 Å². The van der Waals surface area contributed by atoms with Crippen LogP contribution >= 0.6 is 0 Å². The molecule has 1 fully saturated rings. The predicted octanol–water partition coefficient (Wildman–Crippen LogP) is 1.49. The van der Waals surface area contributed by atoms with Gasteiger partial charge in [-0.1, -0.05) is 12.1 Å². The Bertz CT molecular complexity index is 547. The molecular weight excluding hydrogens is 282 g/mol. The molecule has 3 amide bonds. The van der Waals surface area contributed by atoms with Crippen molar-refractivity contribution in [1.29, 1.82) is 0 Å². The Labute approximate surface area is 130 Å². The molecule has 0 bridgehead atoms. The van der Waals surface area contributed by atoms with E-state index in [1.165, 1.54) is 0 Å². The smallest absolute Gasteiger partial charge is 0.317 e. The molecule has 3 N–H and O–H groups in total. The van der Waals surface area contributed by atoms with Gasteiger partial charge in [0.25, 0.3) is 0 Å². The number of primary amides is 1. The van der Waals surface area contributed by atoms with Crippen LogP contribution in [0.5, 0.6) is 0 Å². The van der Waals surface area contributed by atoms with Gasteiger partial charge < -0.3 is 20.7 Å². The van der Waals surface area contributed by atoms with Crippen LogP contribution in [0.25, 0.3) is 0 Å². The molecule has 2 unspecified atom stereocenters. The quantitative estimate of drug-likeness (QED) is 0.884. The van der Waals surface area contributed by atoms with E-state index >= 15 is 0 Å². The van der Waals surface area contributed by atoms with Crippen LogP contribution in [-0.4, -0.2) is 42.6 Å². The summed E-state index contributed by atoms with van der Waals surface area (Å²) in [6, 6.07) is 7.03. The lowest BCUT2D eigenvalue weighted by molar-refractivity contribution is 0.0293. The van der Waals surface area contributed by atoms with Crippen molar-refractivity contribution in [3.63, 3.8) is 0 Å². The topological polar surface area (TPSA) is 84.7 Å². The number of nitrogens with two attached hydrogens (primary N) is 1. The number of carbonyl (C=O) groups is 2. The molecule has 0 saturated carbocycles. The Morgan fingerprint density at radius 2 is 2.23 bits per heavy atom. The average Bonchev–Trinajstić information content (AvgIpc) is 2.52. The van der Waals surface area contributed by atoms with Crippen molar-refractivity contribution >= 4 is 11.9 Å². The normalized spacial score (nSPS) is 21.5. The van der Waals surface area contributed by atoms with Gasteiger partial charge >= 0.3 is 6.03 Å². The van der Waals surface area contributed by atoms with Gasteiger partial charge in [-0.05, 0) is 37.5 Å². The maximum absolute atomic E-state index is 12.3. The summed E-state index contributed by atoms with van der Waals surface area (Å²) in [5.41, 5.74) is 6.55. The molecular formula is C16H23N3O3. The second-order valence-electron chi connectivity index (χ2n) is 5.65. The van der Waals surface area contributed by atoms with Gasteiger partial charge in [-0.15, -0.1) is 0 Å². The Balaban J connectivity index is 1.90. The number of nitrogens with zero attached hydrogens (tertiary/aromatic N) is 1. The largest absolute Gasteiger partial charge is 0.381 e. The number of likely N-dealkylation sites (tertiary alicyclic amines) is 1. The van der Waals surface area contributed by atoms with Crippen LogP contribution in [0.1, 0.15) is 35.7 Å². The molecule has 1 aromatic carbocycles. The molecule has 1 saturated heterocycles. The van der Waals surface area contributed by atoms with Gasteiger partial charge in [-0.3, -0.25) is 4.79 Å². The van der Waals surface area contributed by atoms with Crippen LogP contribution in [0.2, 0.25) is 0 Å². The van der Waals surface area contributed by atoms with E-state index in [4.69, 9.17) is 10.5 Å². The highest BCUT2D eigenvalue weighted by Crippen LogP contribution is 2.19. The van der Waals surface area contributed by atoms with E-state index in [1.54, 1.807) is 25.3 Å². The number of hydrogen-bond acceptors (Lipinski definition) is 3. The second kappa shape index (κ2) is 7.26. The lowest BCUT2D eigenvalue weighted by atomic mass is 10.0. The molecule has 2 atom stereocenters. The molecule has 22 heavy (non-hydrogen) atoms. The van der Waals surface area contributed by atoms with E-state index in [0.717, 1.165) is 18.4 Å². The first-order valence-corrected chi connectivity index (χ1v) is 7.47. The Morgan fingerprint density at radius 1 is 1.45 bits per heavy atom. The number of piperidine rings is 1. The van der Waals surface area contributed by atoms with Gasteiger partial charge in [-0.25, -0.2) is 4.79 Å². The molecule has 0 spiro atoms. The van der Waals surface area contributed by atoms with E-state index < -0.39 is 5.91 Å². The van der Waals surface area contributed by atoms with E-state index in [9.17, 15) is 9.59 Å². The maximum atomic E-state index is 12.3. The van der Waals surface area contributed by atoms with Crippen molar-refractivity contribution in [3.05, 3.63) is 35.4 Å².